The van der Waals surface area contributed by atoms with Crippen LogP contribution in [0.5, 0.6) is 0 Å². The van der Waals surface area contributed by atoms with E-state index in [1.165, 1.54) is 0 Å². The number of rotatable bonds is 3. The number of ketones is 1. The minimum atomic E-state index is -0.891. The number of hydrogen-bond acceptors (Lipinski definition) is 3. The van der Waals surface area contributed by atoms with Crippen molar-refractivity contribution in [1.82, 2.24) is 4.98 Å². The number of nitrogens with one attached hydrogen (secondary N) is 1. The monoisotopic (exact) mass is 238 g/mol. The molecule has 0 aliphatic heterocycles. The number of H-pyrrole nitrogens is 1. The number of halogens is 1. The van der Waals surface area contributed by atoms with Gasteiger partial charge in [-0.25, -0.2) is 0 Å². The standard InChI is InChI=1S/C11H11ClN2O2/c12-6-1-2-10-7(3-6)8(4-14-10)11(16)9(13)5-15/h1-4,9,14-15H,5,13H2. The Kier molecular flexibility index (Phi) is 2.96. The van der Waals surface area contributed by atoms with Gasteiger partial charge in [0.1, 0.15) is 0 Å². The Morgan fingerprint density at radius 2 is 2.31 bits per heavy atom. The molecular formula is C11H11ClN2O2. The summed E-state index contributed by atoms with van der Waals surface area (Å²) in [5, 5.41) is 10.1. The van der Waals surface area contributed by atoms with Crippen LogP contribution in [-0.2, 0) is 0 Å². The lowest BCUT2D eigenvalue weighted by atomic mass is 10.0. The molecule has 1 aromatic carbocycles. The number of Topliss-reactive ketones (excluding diaryl/α,β-unsaturated/α-hetero) is 1. The summed E-state index contributed by atoms with van der Waals surface area (Å²) in [6, 6.07) is 4.34. The SMILES string of the molecule is NC(CO)C(=O)c1c[nH]c2ccc(Cl)cc12. The number of hydrogen-bond donors (Lipinski definition) is 3. The largest absolute Gasteiger partial charge is 0.394 e. The summed E-state index contributed by atoms with van der Waals surface area (Å²) in [6.45, 7) is -0.369. The summed E-state index contributed by atoms with van der Waals surface area (Å²) in [4.78, 5) is 14.8. The second kappa shape index (κ2) is 4.25. The molecule has 4 nitrogen and oxygen atoms in total. The maximum absolute atomic E-state index is 11.8. The summed E-state index contributed by atoms with van der Waals surface area (Å²) in [6.07, 6.45) is 1.58. The number of carbonyl (C=O) groups is 1. The summed E-state index contributed by atoms with van der Waals surface area (Å²) < 4.78 is 0. The van der Waals surface area contributed by atoms with Crippen molar-refractivity contribution in [1.29, 1.82) is 0 Å². The molecule has 1 unspecified atom stereocenters. The summed E-state index contributed by atoms with van der Waals surface area (Å²) in [5.41, 5.74) is 6.77. The predicted octanol–water partition coefficient (Wildman–Crippen LogP) is 1.32. The highest BCUT2D eigenvalue weighted by Gasteiger charge is 2.18. The van der Waals surface area contributed by atoms with Crippen molar-refractivity contribution in [2.45, 2.75) is 6.04 Å². The molecule has 0 aliphatic rings. The Balaban J connectivity index is 2.53. The molecule has 0 aliphatic carbocycles. The number of aromatic nitrogens is 1. The summed E-state index contributed by atoms with van der Waals surface area (Å²) in [5.74, 6) is -0.295. The van der Waals surface area contributed by atoms with Gasteiger partial charge in [-0.05, 0) is 18.2 Å². The Morgan fingerprint density at radius 1 is 1.56 bits per heavy atom. The van der Waals surface area contributed by atoms with Crippen LogP contribution in [0.1, 0.15) is 10.4 Å². The van der Waals surface area contributed by atoms with E-state index in [2.05, 4.69) is 4.98 Å². The molecule has 84 valence electrons. The zero-order valence-corrected chi connectivity index (χ0v) is 9.16. The van der Waals surface area contributed by atoms with E-state index in [1.807, 2.05) is 0 Å². The quantitative estimate of drug-likeness (QED) is 0.706. The Hall–Kier alpha value is -1.36. The number of aromatic amines is 1. The van der Waals surface area contributed by atoms with Crippen LogP contribution in [0.4, 0.5) is 0 Å². The van der Waals surface area contributed by atoms with Crippen molar-refractivity contribution in [2.24, 2.45) is 5.73 Å². The molecule has 4 N–H and O–H groups in total. The Labute approximate surface area is 97.0 Å². The van der Waals surface area contributed by atoms with E-state index in [4.69, 9.17) is 22.4 Å². The molecule has 0 saturated heterocycles. The number of nitrogens with two attached hydrogens (primary N) is 1. The molecule has 0 saturated carbocycles. The van der Waals surface area contributed by atoms with Crippen LogP contribution >= 0.6 is 11.6 Å². The van der Waals surface area contributed by atoms with Crippen LogP contribution in [0.2, 0.25) is 5.02 Å². The first-order valence-electron chi connectivity index (χ1n) is 4.80. The van der Waals surface area contributed by atoms with Crippen LogP contribution in [0.15, 0.2) is 24.4 Å². The van der Waals surface area contributed by atoms with Crippen molar-refractivity contribution < 1.29 is 9.90 Å². The predicted molar refractivity (Wildman–Crippen MR) is 62.7 cm³/mol. The van der Waals surface area contributed by atoms with Gasteiger partial charge in [0.15, 0.2) is 5.78 Å². The number of benzene rings is 1. The molecule has 0 spiro atoms. The van der Waals surface area contributed by atoms with Crippen molar-refractivity contribution in [3.63, 3.8) is 0 Å². The maximum Gasteiger partial charge on any atom is 0.184 e. The van der Waals surface area contributed by atoms with E-state index in [0.717, 1.165) is 10.9 Å². The van der Waals surface area contributed by atoms with Gasteiger partial charge in [0, 0.05) is 27.7 Å². The molecule has 0 bridgehead atoms. The zero-order chi connectivity index (χ0) is 11.7. The number of carbonyl (C=O) groups excluding carboxylic acids is 1. The molecular weight excluding hydrogens is 228 g/mol. The lowest BCUT2D eigenvalue weighted by molar-refractivity contribution is 0.0927. The first-order valence-corrected chi connectivity index (χ1v) is 5.18. The van der Waals surface area contributed by atoms with Crippen molar-refractivity contribution in [3.05, 3.63) is 35.0 Å². The van der Waals surface area contributed by atoms with Crippen LogP contribution in [-0.4, -0.2) is 28.5 Å². The van der Waals surface area contributed by atoms with Gasteiger partial charge in [0.2, 0.25) is 0 Å². The van der Waals surface area contributed by atoms with E-state index in [0.29, 0.717) is 10.6 Å². The molecule has 0 radical (unpaired) electrons. The first-order chi connectivity index (χ1) is 7.63. The van der Waals surface area contributed by atoms with E-state index in [1.54, 1.807) is 24.4 Å². The van der Waals surface area contributed by atoms with Gasteiger partial charge < -0.3 is 15.8 Å². The first kappa shape index (κ1) is 11.1. The van der Waals surface area contributed by atoms with E-state index in [-0.39, 0.29) is 12.4 Å². The molecule has 2 aromatic rings. The van der Waals surface area contributed by atoms with Crippen molar-refractivity contribution in [2.75, 3.05) is 6.61 Å². The van der Waals surface area contributed by atoms with Gasteiger partial charge in [-0.1, -0.05) is 11.6 Å². The minimum absolute atomic E-state index is 0.295. The number of fused-ring (bicyclic) bond motifs is 1. The van der Waals surface area contributed by atoms with Gasteiger partial charge in [0.25, 0.3) is 0 Å². The van der Waals surface area contributed by atoms with Crippen LogP contribution in [0, 0.1) is 0 Å². The molecule has 0 amide bonds. The van der Waals surface area contributed by atoms with Crippen LogP contribution < -0.4 is 5.73 Å². The third-order valence-corrected chi connectivity index (χ3v) is 2.68. The molecule has 5 heteroatoms. The topological polar surface area (TPSA) is 79.1 Å². The number of aliphatic hydroxyl groups excluding tert-OH is 1. The molecule has 1 atom stereocenters. The molecule has 2 rings (SSSR count). The van der Waals surface area contributed by atoms with E-state index < -0.39 is 6.04 Å². The fourth-order valence-electron chi connectivity index (χ4n) is 1.58. The lowest BCUT2D eigenvalue weighted by Gasteiger charge is -2.05. The third kappa shape index (κ3) is 1.82. The zero-order valence-electron chi connectivity index (χ0n) is 8.40. The van der Waals surface area contributed by atoms with Gasteiger partial charge in [-0.15, -0.1) is 0 Å². The Morgan fingerprint density at radius 3 is 3.00 bits per heavy atom. The van der Waals surface area contributed by atoms with Gasteiger partial charge in [0.05, 0.1) is 12.6 Å². The maximum atomic E-state index is 11.8. The Bertz CT molecular complexity index is 536. The highest BCUT2D eigenvalue weighted by molar-refractivity contribution is 6.31. The fourth-order valence-corrected chi connectivity index (χ4v) is 1.75. The van der Waals surface area contributed by atoms with Crippen LogP contribution in [0.25, 0.3) is 10.9 Å². The lowest BCUT2D eigenvalue weighted by Crippen LogP contribution is -2.33. The number of aliphatic hydroxyl groups is 1. The summed E-state index contributed by atoms with van der Waals surface area (Å²) in [7, 11) is 0. The molecule has 16 heavy (non-hydrogen) atoms. The smallest absolute Gasteiger partial charge is 0.184 e. The van der Waals surface area contributed by atoms with Gasteiger partial charge in [-0.3, -0.25) is 4.79 Å². The fraction of sp³-hybridized carbons (Fsp3) is 0.182. The normalized spacial score (nSPS) is 12.9. The second-order valence-corrected chi connectivity index (χ2v) is 3.98. The van der Waals surface area contributed by atoms with Crippen molar-refractivity contribution >= 4 is 28.3 Å². The third-order valence-electron chi connectivity index (χ3n) is 2.44. The van der Waals surface area contributed by atoms with Crippen LogP contribution in [0.3, 0.4) is 0 Å². The van der Waals surface area contributed by atoms with E-state index >= 15 is 0 Å². The van der Waals surface area contributed by atoms with Gasteiger partial charge >= 0.3 is 0 Å². The summed E-state index contributed by atoms with van der Waals surface area (Å²) >= 11 is 5.86. The average molecular weight is 239 g/mol. The highest BCUT2D eigenvalue weighted by Crippen LogP contribution is 2.23. The van der Waals surface area contributed by atoms with Gasteiger partial charge in [-0.2, -0.15) is 0 Å². The minimum Gasteiger partial charge on any atom is -0.394 e. The molecule has 1 aromatic heterocycles. The average Bonchev–Trinajstić information content (AvgIpc) is 2.69. The molecule has 0 fully saturated rings. The molecule has 1 heterocycles. The van der Waals surface area contributed by atoms with E-state index in [9.17, 15) is 4.79 Å². The van der Waals surface area contributed by atoms with Crippen molar-refractivity contribution in [3.8, 4) is 0 Å². The highest BCUT2D eigenvalue weighted by atomic mass is 35.5. The second-order valence-electron chi connectivity index (χ2n) is 3.55.